The zero-order valence-electron chi connectivity index (χ0n) is 33.4. The second-order valence-corrected chi connectivity index (χ2v) is 15.9. The van der Waals surface area contributed by atoms with Gasteiger partial charge >= 0.3 is 0 Å². The highest BCUT2D eigenvalue weighted by Crippen LogP contribution is 2.49. The Morgan fingerprint density at radius 2 is 1.14 bits per heavy atom. The van der Waals surface area contributed by atoms with Crippen molar-refractivity contribution >= 4 is 38.7 Å². The maximum absolute atomic E-state index is 7.66. The summed E-state index contributed by atoms with van der Waals surface area (Å²) in [5, 5.41) is 2.05. The molecule has 278 valence electrons. The molecule has 0 saturated carbocycles. The monoisotopic (exact) mass is 740 g/mol. The average Bonchev–Trinajstić information content (AvgIpc) is 3.75. The van der Waals surface area contributed by atoms with Crippen molar-refractivity contribution in [2.24, 2.45) is 7.05 Å². The molecule has 4 nitrogen and oxygen atoms in total. The van der Waals surface area contributed by atoms with E-state index in [1.165, 1.54) is 39.1 Å². The molecule has 0 bridgehead atoms. The number of nitrogens with zero attached hydrogens (tertiary/aromatic N) is 3. The number of furan rings is 1. The second kappa shape index (κ2) is 14.1. The van der Waals surface area contributed by atoms with Gasteiger partial charge in [0.05, 0.1) is 19.0 Å². The Balaban J connectivity index is 1.43. The fourth-order valence-electron chi connectivity index (χ4n) is 9.19. The molecular formula is C53H46N3O+. The van der Waals surface area contributed by atoms with Crippen LogP contribution in [-0.4, -0.2) is 4.57 Å². The minimum absolute atomic E-state index is 0.187. The van der Waals surface area contributed by atoms with E-state index in [0.717, 1.165) is 49.9 Å². The molecule has 0 aliphatic carbocycles. The molecule has 7 aromatic carbocycles. The Morgan fingerprint density at radius 1 is 0.614 bits per heavy atom. The first kappa shape index (κ1) is 36.0. The van der Waals surface area contributed by atoms with Crippen molar-refractivity contribution in [2.75, 3.05) is 0 Å². The summed E-state index contributed by atoms with van der Waals surface area (Å²) in [5.41, 5.74) is 14.7. The third-order valence-electron chi connectivity index (χ3n) is 11.9. The second-order valence-electron chi connectivity index (χ2n) is 15.9. The van der Waals surface area contributed by atoms with Crippen LogP contribution in [0.5, 0.6) is 0 Å². The van der Waals surface area contributed by atoms with Gasteiger partial charge in [-0.15, -0.1) is 0 Å². The minimum Gasteiger partial charge on any atom is -0.456 e. The molecule has 9 rings (SSSR count). The summed E-state index contributed by atoms with van der Waals surface area (Å²) in [6.45, 7) is 19.2. The van der Waals surface area contributed by atoms with Crippen LogP contribution in [0.3, 0.4) is 0 Å². The van der Waals surface area contributed by atoms with E-state index in [1.54, 1.807) is 0 Å². The number of aromatic nitrogens is 2. The molecule has 0 unspecified atom stereocenters. The van der Waals surface area contributed by atoms with Crippen molar-refractivity contribution < 1.29 is 8.98 Å². The van der Waals surface area contributed by atoms with E-state index in [4.69, 9.17) is 11.0 Å². The predicted molar refractivity (Wildman–Crippen MR) is 235 cm³/mol. The Morgan fingerprint density at radius 3 is 1.68 bits per heavy atom. The lowest BCUT2D eigenvalue weighted by Crippen LogP contribution is -2.32. The lowest BCUT2D eigenvalue weighted by atomic mass is 9.64. The Bertz CT molecular complexity index is 2860. The molecule has 0 spiro atoms. The van der Waals surface area contributed by atoms with E-state index in [-0.39, 0.29) is 11.8 Å². The highest BCUT2D eigenvalue weighted by molar-refractivity contribution is 6.10. The van der Waals surface area contributed by atoms with Gasteiger partial charge < -0.3 is 4.42 Å². The van der Waals surface area contributed by atoms with Crippen molar-refractivity contribution in [3.05, 3.63) is 208 Å². The SMILES string of the molecule is [C-]#[N+]c1ccc2c(c1)oc1c(-c3n(-c4c(C(C)C)cc(C(c5ccccc5)(c5ccccc5)c5ccccc5)cc4C(C)C)c4ccccc4[n+]3C)c(C)ccc12. The van der Waals surface area contributed by atoms with Crippen LogP contribution >= 0.6 is 0 Å². The van der Waals surface area contributed by atoms with Crippen LogP contribution in [0.25, 0.3) is 54.9 Å². The number of rotatable bonds is 8. The van der Waals surface area contributed by atoms with Gasteiger partial charge in [-0.3, -0.25) is 0 Å². The molecule has 0 fully saturated rings. The van der Waals surface area contributed by atoms with Crippen LogP contribution in [0.4, 0.5) is 5.69 Å². The standard InChI is InChI=1S/C53H46N3O/c1-34(2)44-31-40(53(37-19-11-8-12-20-37,38-21-13-9-14-22-38)39-23-15-10-16-24-39)32-45(35(3)4)50(44)56-47-26-18-17-25-46(47)55(7)52(56)49-36(5)27-29-43-42-30-28-41(54-6)33-48(42)57-51(43)49/h8-35H,1-5,7H3/q+1. The topological polar surface area (TPSA) is 26.3 Å². The quantitative estimate of drug-likeness (QED) is 0.0865. The van der Waals surface area contributed by atoms with Crippen molar-refractivity contribution in [1.29, 1.82) is 0 Å². The van der Waals surface area contributed by atoms with Gasteiger partial charge in [0.15, 0.2) is 22.3 Å². The van der Waals surface area contributed by atoms with Crippen LogP contribution in [0.15, 0.2) is 162 Å². The molecule has 9 aromatic rings. The van der Waals surface area contributed by atoms with Crippen LogP contribution in [0, 0.1) is 13.5 Å². The summed E-state index contributed by atoms with van der Waals surface area (Å²) in [4.78, 5) is 3.70. The van der Waals surface area contributed by atoms with Crippen LogP contribution in [-0.2, 0) is 12.5 Å². The third kappa shape index (κ3) is 5.60. The number of hydrogen-bond donors (Lipinski definition) is 0. The molecule has 0 N–H and O–H groups in total. The fourth-order valence-corrected chi connectivity index (χ4v) is 9.19. The van der Waals surface area contributed by atoms with Crippen molar-refractivity contribution in [3.8, 4) is 17.1 Å². The van der Waals surface area contributed by atoms with Gasteiger partial charge in [0, 0.05) is 21.9 Å². The maximum Gasteiger partial charge on any atom is 0.299 e. The summed E-state index contributed by atoms with van der Waals surface area (Å²) in [6, 6.07) is 56.9. The molecule has 0 aliphatic rings. The number of imidazole rings is 1. The molecule has 0 saturated heterocycles. The van der Waals surface area contributed by atoms with E-state index in [2.05, 4.69) is 195 Å². The molecule has 0 aliphatic heterocycles. The smallest absolute Gasteiger partial charge is 0.299 e. The number of benzene rings is 7. The van der Waals surface area contributed by atoms with Gasteiger partial charge in [-0.25, -0.2) is 9.41 Å². The largest absolute Gasteiger partial charge is 0.456 e. The summed E-state index contributed by atoms with van der Waals surface area (Å²) in [6.07, 6.45) is 0. The van der Waals surface area contributed by atoms with E-state index in [1.807, 2.05) is 18.2 Å². The molecule has 0 radical (unpaired) electrons. The van der Waals surface area contributed by atoms with Gasteiger partial charge in [0.1, 0.15) is 16.8 Å². The maximum atomic E-state index is 7.66. The molecule has 57 heavy (non-hydrogen) atoms. The van der Waals surface area contributed by atoms with Gasteiger partial charge in [-0.1, -0.05) is 155 Å². The van der Waals surface area contributed by atoms with E-state index in [0.29, 0.717) is 5.69 Å². The molecular weight excluding hydrogens is 695 g/mol. The summed E-state index contributed by atoms with van der Waals surface area (Å²) in [5.74, 6) is 1.43. The molecule has 2 aromatic heterocycles. The minimum atomic E-state index is -0.581. The molecule has 4 heteroatoms. The van der Waals surface area contributed by atoms with Gasteiger partial charge in [0.2, 0.25) is 0 Å². The Kier molecular flexibility index (Phi) is 8.90. The van der Waals surface area contributed by atoms with E-state index in [9.17, 15) is 0 Å². The van der Waals surface area contributed by atoms with Gasteiger partial charge in [0.25, 0.3) is 5.82 Å². The van der Waals surface area contributed by atoms with Gasteiger partial charge in [-0.05, 0) is 76.9 Å². The van der Waals surface area contributed by atoms with Crippen LogP contribution in [0.2, 0.25) is 0 Å². The zero-order chi connectivity index (χ0) is 39.4. The number of aryl methyl sites for hydroxylation is 2. The number of fused-ring (bicyclic) bond motifs is 4. The number of hydrogen-bond acceptors (Lipinski definition) is 1. The highest BCUT2D eigenvalue weighted by Gasteiger charge is 2.41. The first-order chi connectivity index (χ1) is 27.7. The van der Waals surface area contributed by atoms with Crippen LogP contribution < -0.4 is 4.57 Å². The van der Waals surface area contributed by atoms with Crippen molar-refractivity contribution in [3.63, 3.8) is 0 Å². The fraction of sp³-hybridized carbons (Fsp3) is 0.170. The van der Waals surface area contributed by atoms with Crippen molar-refractivity contribution in [1.82, 2.24) is 4.57 Å². The number of para-hydroxylation sites is 2. The predicted octanol–water partition coefficient (Wildman–Crippen LogP) is 13.5. The van der Waals surface area contributed by atoms with Crippen LogP contribution in [0.1, 0.15) is 78.5 Å². The lowest BCUT2D eigenvalue weighted by molar-refractivity contribution is -0.633. The van der Waals surface area contributed by atoms with E-state index >= 15 is 0 Å². The van der Waals surface area contributed by atoms with Crippen molar-refractivity contribution in [2.45, 2.75) is 51.9 Å². The molecule has 0 atom stereocenters. The highest BCUT2D eigenvalue weighted by atomic mass is 16.3. The summed E-state index contributed by atoms with van der Waals surface area (Å²) in [7, 11) is 2.18. The third-order valence-corrected chi connectivity index (χ3v) is 11.9. The van der Waals surface area contributed by atoms with Gasteiger partial charge in [-0.2, -0.15) is 4.57 Å². The van der Waals surface area contributed by atoms with E-state index < -0.39 is 5.41 Å². The first-order valence-corrected chi connectivity index (χ1v) is 19.9. The first-order valence-electron chi connectivity index (χ1n) is 19.9. The Labute approximate surface area is 335 Å². The average molecular weight is 741 g/mol. The zero-order valence-corrected chi connectivity index (χ0v) is 33.4. The lowest BCUT2D eigenvalue weighted by Gasteiger charge is -2.38. The molecule has 2 heterocycles. The molecule has 0 amide bonds. The normalized spacial score (nSPS) is 12.0. The summed E-state index contributed by atoms with van der Waals surface area (Å²) < 4.78 is 11.6. The summed E-state index contributed by atoms with van der Waals surface area (Å²) >= 11 is 0. The Hall–Kier alpha value is -6.70.